The number of H-pyrrole nitrogens is 2. The molecule has 0 atom stereocenters. The van der Waals surface area contributed by atoms with Gasteiger partial charge in [0.15, 0.2) is 0 Å². The average molecular weight is 310 g/mol. The van der Waals surface area contributed by atoms with Gasteiger partial charge in [-0.2, -0.15) is 0 Å². The second-order valence-electron chi connectivity index (χ2n) is 4.13. The summed E-state index contributed by atoms with van der Waals surface area (Å²) < 4.78 is 4.14. The minimum atomic E-state index is -1.37. The lowest BCUT2D eigenvalue weighted by Crippen LogP contribution is -2.27. The monoisotopic (exact) mass is 310 g/mol. The zero-order valence-corrected chi connectivity index (χ0v) is 12.8. The van der Waals surface area contributed by atoms with Crippen molar-refractivity contribution < 1.29 is 28.9 Å². The standard InChI is InChI=1S/2C5H8N2.C4H6O4/c2*1-2-7-4-3-6-5-7;5-3(6)1-2-4(7)8/h2*3-5H,2H2,1H3;1-2H2,(H,5,6)(H,7,8). The number of rotatable bonds is 5. The van der Waals surface area contributed by atoms with Gasteiger partial charge in [-0.1, -0.05) is 0 Å². The van der Waals surface area contributed by atoms with Crippen molar-refractivity contribution in [3.63, 3.8) is 0 Å². The third kappa shape index (κ3) is 11.2. The zero-order valence-electron chi connectivity index (χ0n) is 12.8. The van der Waals surface area contributed by atoms with E-state index in [2.05, 4.69) is 32.9 Å². The first kappa shape index (κ1) is 19.4. The van der Waals surface area contributed by atoms with Gasteiger partial charge in [0, 0.05) is 11.9 Å². The van der Waals surface area contributed by atoms with E-state index >= 15 is 0 Å². The summed E-state index contributed by atoms with van der Waals surface area (Å²) in [5.41, 5.74) is 0. The van der Waals surface area contributed by atoms with Crippen molar-refractivity contribution >= 4 is 11.9 Å². The van der Waals surface area contributed by atoms with E-state index in [4.69, 9.17) is 0 Å². The molecule has 2 aromatic heterocycles. The van der Waals surface area contributed by atoms with E-state index in [-0.39, 0.29) is 0 Å². The number of carbonyl (C=O) groups is 2. The topological polar surface area (TPSA) is 120 Å². The van der Waals surface area contributed by atoms with Gasteiger partial charge in [0.1, 0.15) is 24.8 Å². The Balaban J connectivity index is 0.000000301. The molecule has 0 aliphatic carbocycles. The molecule has 0 spiro atoms. The highest BCUT2D eigenvalue weighted by Gasteiger charge is 1.86. The van der Waals surface area contributed by atoms with Crippen LogP contribution in [-0.2, 0) is 22.7 Å². The first-order chi connectivity index (χ1) is 10.5. The van der Waals surface area contributed by atoms with E-state index in [9.17, 15) is 19.8 Å². The van der Waals surface area contributed by atoms with E-state index in [1.165, 1.54) is 0 Å². The Morgan fingerprint density at radius 2 is 1.23 bits per heavy atom. The lowest BCUT2D eigenvalue weighted by molar-refractivity contribution is -0.692. The average Bonchev–Trinajstić information content (AvgIpc) is 3.19. The molecule has 0 aromatic carbocycles. The van der Waals surface area contributed by atoms with Crippen molar-refractivity contribution in [2.24, 2.45) is 0 Å². The summed E-state index contributed by atoms with van der Waals surface area (Å²) in [6, 6.07) is 0. The number of nitrogens with one attached hydrogen (secondary N) is 2. The smallest absolute Gasteiger partial charge is 0.241 e. The normalized spacial score (nSPS) is 9.00. The van der Waals surface area contributed by atoms with Crippen molar-refractivity contribution in [2.75, 3.05) is 0 Å². The molecule has 2 aromatic rings. The fourth-order valence-corrected chi connectivity index (χ4v) is 1.24. The summed E-state index contributed by atoms with van der Waals surface area (Å²) in [6.07, 6.45) is 10.7. The van der Waals surface area contributed by atoms with Crippen LogP contribution in [0.15, 0.2) is 37.4 Å². The van der Waals surface area contributed by atoms with Crippen molar-refractivity contribution in [1.29, 1.82) is 0 Å². The number of aryl methyl sites for hydroxylation is 2. The number of imidazole rings is 2. The Morgan fingerprint density at radius 3 is 1.36 bits per heavy atom. The molecule has 2 N–H and O–H groups in total. The van der Waals surface area contributed by atoms with Crippen LogP contribution in [-0.4, -0.2) is 21.9 Å². The van der Waals surface area contributed by atoms with Crippen LogP contribution in [0.3, 0.4) is 0 Å². The number of aliphatic carboxylic acids is 2. The van der Waals surface area contributed by atoms with Gasteiger partial charge in [0.05, 0.1) is 13.1 Å². The number of hydrogen-bond acceptors (Lipinski definition) is 4. The summed E-state index contributed by atoms with van der Waals surface area (Å²) in [4.78, 5) is 24.9. The number of carboxylic acids is 2. The molecule has 0 bridgehead atoms. The summed E-state index contributed by atoms with van der Waals surface area (Å²) in [5, 5.41) is 19.0. The van der Waals surface area contributed by atoms with Gasteiger partial charge >= 0.3 is 0 Å². The Kier molecular flexibility index (Phi) is 10.7. The quantitative estimate of drug-likeness (QED) is 0.615. The van der Waals surface area contributed by atoms with Gasteiger partial charge in [-0.05, 0) is 26.7 Å². The third-order valence-electron chi connectivity index (χ3n) is 2.47. The molecule has 0 fully saturated rings. The molecule has 2 heterocycles. The van der Waals surface area contributed by atoms with E-state index in [0.29, 0.717) is 0 Å². The van der Waals surface area contributed by atoms with Crippen LogP contribution in [0.5, 0.6) is 0 Å². The summed E-state index contributed by atoms with van der Waals surface area (Å²) in [5.74, 6) is -2.73. The van der Waals surface area contributed by atoms with Crippen molar-refractivity contribution in [3.8, 4) is 0 Å². The molecule has 0 saturated heterocycles. The first-order valence-electron chi connectivity index (χ1n) is 6.92. The maximum absolute atomic E-state index is 9.50. The molecule has 2 rings (SSSR count). The lowest BCUT2D eigenvalue weighted by atomic mass is 10.3. The largest absolute Gasteiger partial charge is 0.550 e. The van der Waals surface area contributed by atoms with E-state index in [0.717, 1.165) is 13.1 Å². The van der Waals surface area contributed by atoms with Crippen LogP contribution in [0.25, 0.3) is 0 Å². The summed E-state index contributed by atoms with van der Waals surface area (Å²) >= 11 is 0. The van der Waals surface area contributed by atoms with Crippen molar-refractivity contribution in [2.45, 2.75) is 39.8 Å². The van der Waals surface area contributed by atoms with Crippen LogP contribution in [0.4, 0.5) is 0 Å². The third-order valence-corrected chi connectivity index (χ3v) is 2.47. The highest BCUT2D eigenvalue weighted by Crippen LogP contribution is 1.81. The molecule has 0 aliphatic heterocycles. The molecule has 0 radical (unpaired) electrons. The molecule has 122 valence electrons. The number of carboxylic acid groups (broad SMARTS) is 2. The SMILES string of the molecule is CC[n+]1cc[nH]c1.CC[n+]1cc[nH]c1.O=C([O-])CCC(=O)[O-]. The number of carbonyl (C=O) groups excluding carboxylic acids is 2. The fraction of sp³-hybridized carbons (Fsp3) is 0.429. The van der Waals surface area contributed by atoms with Crippen LogP contribution < -0.4 is 19.3 Å². The first-order valence-corrected chi connectivity index (χ1v) is 6.92. The maximum Gasteiger partial charge on any atom is 0.241 e. The Morgan fingerprint density at radius 1 is 0.864 bits per heavy atom. The predicted molar refractivity (Wildman–Crippen MR) is 72.6 cm³/mol. The maximum atomic E-state index is 9.50. The highest BCUT2D eigenvalue weighted by molar-refractivity contribution is 5.72. The van der Waals surface area contributed by atoms with Gasteiger partial charge < -0.3 is 19.8 Å². The van der Waals surface area contributed by atoms with Gasteiger partial charge in [-0.25, -0.2) is 9.13 Å². The van der Waals surface area contributed by atoms with E-state index in [1.54, 1.807) is 0 Å². The Bertz CT molecular complexity index is 461. The van der Waals surface area contributed by atoms with Gasteiger partial charge in [-0.3, -0.25) is 9.97 Å². The van der Waals surface area contributed by atoms with Crippen LogP contribution in [0, 0.1) is 0 Å². The number of nitrogens with zero attached hydrogens (tertiary/aromatic N) is 2. The van der Waals surface area contributed by atoms with Gasteiger partial charge in [-0.15, -0.1) is 0 Å². The second-order valence-corrected chi connectivity index (χ2v) is 4.13. The molecular formula is C14H22N4O4. The van der Waals surface area contributed by atoms with Crippen LogP contribution in [0.2, 0.25) is 0 Å². The van der Waals surface area contributed by atoms with Crippen molar-refractivity contribution in [3.05, 3.63) is 37.4 Å². The second kappa shape index (κ2) is 12.1. The van der Waals surface area contributed by atoms with Crippen LogP contribution >= 0.6 is 0 Å². The Labute approximate surface area is 129 Å². The predicted octanol–water partition coefficient (Wildman–Crippen LogP) is -2.09. The van der Waals surface area contributed by atoms with Gasteiger partial charge in [0.2, 0.25) is 12.7 Å². The van der Waals surface area contributed by atoms with Crippen LogP contribution in [0.1, 0.15) is 26.7 Å². The number of aromatic nitrogens is 4. The minimum Gasteiger partial charge on any atom is -0.550 e. The van der Waals surface area contributed by atoms with E-state index in [1.807, 2.05) is 37.4 Å². The number of hydrogen-bond donors (Lipinski definition) is 2. The Hall–Kier alpha value is -2.64. The minimum absolute atomic E-state index is 0.470. The van der Waals surface area contributed by atoms with E-state index < -0.39 is 24.8 Å². The molecule has 0 unspecified atom stereocenters. The molecule has 8 nitrogen and oxygen atoms in total. The molecule has 0 aliphatic rings. The van der Waals surface area contributed by atoms with Crippen molar-refractivity contribution in [1.82, 2.24) is 9.97 Å². The molecule has 0 saturated carbocycles. The molecule has 0 amide bonds. The fourth-order valence-electron chi connectivity index (χ4n) is 1.24. The zero-order chi connectivity index (χ0) is 16.8. The molecule has 8 heteroatoms. The summed E-state index contributed by atoms with van der Waals surface area (Å²) in [6.45, 7) is 6.30. The molecule has 22 heavy (non-hydrogen) atoms. The van der Waals surface area contributed by atoms with Gasteiger partial charge in [0.25, 0.3) is 0 Å². The molecular weight excluding hydrogens is 288 g/mol. The number of aromatic amines is 2. The highest BCUT2D eigenvalue weighted by atomic mass is 16.4. The summed E-state index contributed by atoms with van der Waals surface area (Å²) in [7, 11) is 0. The lowest BCUT2D eigenvalue weighted by Gasteiger charge is -2.00.